The Morgan fingerprint density at radius 1 is 1.31 bits per heavy atom. The summed E-state index contributed by atoms with van der Waals surface area (Å²) in [5, 5.41) is 3.41. The van der Waals surface area contributed by atoms with E-state index >= 15 is 0 Å². The van der Waals surface area contributed by atoms with Crippen LogP contribution in [0.25, 0.3) is 0 Å². The predicted octanol–water partition coefficient (Wildman–Crippen LogP) is 3.72. The van der Waals surface area contributed by atoms with Crippen molar-refractivity contribution >= 4 is 28.3 Å². The standard InChI is InChI=1S/C13H18BrN.ClH/c1-10-2-3-13(14)12(8-10)9-11-4-6-15-7-5-11;/h2-3,8,11,15H,4-7,9H2,1H3;1H. The Hall–Kier alpha value is -0.0500. The summed E-state index contributed by atoms with van der Waals surface area (Å²) in [6.45, 7) is 4.54. The van der Waals surface area contributed by atoms with Crippen molar-refractivity contribution in [3.63, 3.8) is 0 Å². The van der Waals surface area contributed by atoms with E-state index in [9.17, 15) is 0 Å². The van der Waals surface area contributed by atoms with Crippen LogP contribution in [-0.2, 0) is 6.42 Å². The van der Waals surface area contributed by atoms with Crippen LogP contribution in [0.4, 0.5) is 0 Å². The Labute approximate surface area is 113 Å². The van der Waals surface area contributed by atoms with Gasteiger partial charge in [0.15, 0.2) is 0 Å². The van der Waals surface area contributed by atoms with Crippen molar-refractivity contribution in [2.75, 3.05) is 13.1 Å². The van der Waals surface area contributed by atoms with Gasteiger partial charge in [-0.25, -0.2) is 0 Å². The third-order valence-electron chi connectivity index (χ3n) is 3.17. The molecule has 1 aliphatic heterocycles. The molecule has 1 aromatic rings. The SMILES string of the molecule is Cc1ccc(Br)c(CC2CCNCC2)c1.Cl. The first kappa shape index (κ1) is 14.0. The first-order valence-corrected chi connectivity index (χ1v) is 6.51. The van der Waals surface area contributed by atoms with Crippen LogP contribution < -0.4 is 5.32 Å². The first-order valence-electron chi connectivity index (χ1n) is 5.71. The van der Waals surface area contributed by atoms with Gasteiger partial charge in [0.2, 0.25) is 0 Å². The van der Waals surface area contributed by atoms with E-state index in [1.165, 1.54) is 48.0 Å². The minimum absolute atomic E-state index is 0. The Morgan fingerprint density at radius 3 is 2.69 bits per heavy atom. The van der Waals surface area contributed by atoms with E-state index in [1.54, 1.807) is 0 Å². The van der Waals surface area contributed by atoms with Crippen LogP contribution in [0, 0.1) is 12.8 Å². The third-order valence-corrected chi connectivity index (χ3v) is 3.94. The van der Waals surface area contributed by atoms with Crippen molar-refractivity contribution < 1.29 is 0 Å². The largest absolute Gasteiger partial charge is 0.317 e. The lowest BCUT2D eigenvalue weighted by Gasteiger charge is -2.23. The van der Waals surface area contributed by atoms with Gasteiger partial charge in [0.05, 0.1) is 0 Å². The second kappa shape index (κ2) is 6.63. The van der Waals surface area contributed by atoms with Crippen LogP contribution in [0.3, 0.4) is 0 Å². The summed E-state index contributed by atoms with van der Waals surface area (Å²) in [5.41, 5.74) is 2.84. The van der Waals surface area contributed by atoms with E-state index in [2.05, 4.69) is 46.4 Å². The predicted molar refractivity (Wildman–Crippen MR) is 75.4 cm³/mol. The van der Waals surface area contributed by atoms with Crippen molar-refractivity contribution in [2.45, 2.75) is 26.2 Å². The molecule has 0 saturated carbocycles. The molecule has 0 amide bonds. The van der Waals surface area contributed by atoms with E-state index in [0.717, 1.165) is 5.92 Å². The fraction of sp³-hybridized carbons (Fsp3) is 0.538. The number of nitrogens with one attached hydrogen (secondary N) is 1. The molecule has 1 nitrogen and oxygen atoms in total. The zero-order valence-electron chi connectivity index (χ0n) is 9.63. The van der Waals surface area contributed by atoms with E-state index in [4.69, 9.17) is 0 Å². The van der Waals surface area contributed by atoms with Gasteiger partial charge in [-0.15, -0.1) is 12.4 Å². The van der Waals surface area contributed by atoms with E-state index in [-0.39, 0.29) is 12.4 Å². The molecule has 0 aromatic heterocycles. The van der Waals surface area contributed by atoms with Gasteiger partial charge in [-0.2, -0.15) is 0 Å². The minimum Gasteiger partial charge on any atom is -0.317 e. The third kappa shape index (κ3) is 3.76. The Bertz CT molecular complexity index is 335. The van der Waals surface area contributed by atoms with E-state index in [0.29, 0.717) is 0 Å². The van der Waals surface area contributed by atoms with E-state index in [1.807, 2.05) is 0 Å². The highest BCUT2D eigenvalue weighted by Gasteiger charge is 2.14. The molecule has 3 heteroatoms. The van der Waals surface area contributed by atoms with Crippen molar-refractivity contribution in [1.82, 2.24) is 5.32 Å². The highest BCUT2D eigenvalue weighted by atomic mass is 79.9. The summed E-state index contributed by atoms with van der Waals surface area (Å²) in [7, 11) is 0. The maximum atomic E-state index is 3.64. The van der Waals surface area contributed by atoms with Gasteiger partial charge in [-0.1, -0.05) is 33.6 Å². The zero-order chi connectivity index (χ0) is 10.7. The second-order valence-electron chi connectivity index (χ2n) is 4.49. The number of rotatable bonds is 2. The molecule has 0 spiro atoms. The molecular weight excluding hydrogens is 286 g/mol. The summed E-state index contributed by atoms with van der Waals surface area (Å²) in [4.78, 5) is 0. The maximum Gasteiger partial charge on any atom is 0.0207 e. The van der Waals surface area contributed by atoms with E-state index < -0.39 is 0 Å². The minimum atomic E-state index is 0. The molecule has 1 N–H and O–H groups in total. The lowest BCUT2D eigenvalue weighted by Crippen LogP contribution is -2.28. The summed E-state index contributed by atoms with van der Waals surface area (Å²) >= 11 is 3.64. The topological polar surface area (TPSA) is 12.0 Å². The number of hydrogen-bond acceptors (Lipinski definition) is 1. The molecule has 0 atom stereocenters. The summed E-state index contributed by atoms with van der Waals surface area (Å²) < 4.78 is 1.27. The highest BCUT2D eigenvalue weighted by Crippen LogP contribution is 2.24. The molecule has 0 unspecified atom stereocenters. The average molecular weight is 305 g/mol. The maximum absolute atomic E-state index is 3.64. The van der Waals surface area contributed by atoms with Crippen molar-refractivity contribution in [1.29, 1.82) is 0 Å². The summed E-state index contributed by atoms with van der Waals surface area (Å²) in [6, 6.07) is 6.65. The number of halogens is 2. The molecular formula is C13H19BrClN. The molecule has 1 aromatic carbocycles. The van der Waals surface area contributed by atoms with Gasteiger partial charge in [0, 0.05) is 4.47 Å². The lowest BCUT2D eigenvalue weighted by atomic mass is 9.90. The highest BCUT2D eigenvalue weighted by molar-refractivity contribution is 9.10. The summed E-state index contributed by atoms with van der Waals surface area (Å²) in [5.74, 6) is 0.865. The van der Waals surface area contributed by atoms with Gasteiger partial charge in [0.25, 0.3) is 0 Å². The van der Waals surface area contributed by atoms with Gasteiger partial charge >= 0.3 is 0 Å². The zero-order valence-corrected chi connectivity index (χ0v) is 12.0. The first-order chi connectivity index (χ1) is 7.25. The number of hydrogen-bond donors (Lipinski definition) is 1. The molecule has 1 fully saturated rings. The lowest BCUT2D eigenvalue weighted by molar-refractivity contribution is 0.372. The fourth-order valence-electron chi connectivity index (χ4n) is 2.26. The Morgan fingerprint density at radius 2 is 2.00 bits per heavy atom. The fourth-order valence-corrected chi connectivity index (χ4v) is 2.67. The summed E-state index contributed by atoms with van der Waals surface area (Å²) in [6.07, 6.45) is 3.87. The smallest absolute Gasteiger partial charge is 0.0207 e. The molecule has 2 rings (SSSR count). The van der Waals surface area contributed by atoms with Crippen LogP contribution >= 0.6 is 28.3 Å². The molecule has 0 bridgehead atoms. The van der Waals surface area contributed by atoms with Crippen molar-refractivity contribution in [2.24, 2.45) is 5.92 Å². The van der Waals surface area contributed by atoms with Gasteiger partial charge in [-0.3, -0.25) is 0 Å². The molecule has 1 saturated heterocycles. The average Bonchev–Trinajstić information content (AvgIpc) is 2.25. The normalized spacial score (nSPS) is 16.9. The van der Waals surface area contributed by atoms with Crippen molar-refractivity contribution in [3.05, 3.63) is 33.8 Å². The molecule has 1 aliphatic rings. The monoisotopic (exact) mass is 303 g/mol. The molecule has 16 heavy (non-hydrogen) atoms. The molecule has 1 heterocycles. The quantitative estimate of drug-likeness (QED) is 0.878. The van der Waals surface area contributed by atoms with Crippen molar-refractivity contribution in [3.8, 4) is 0 Å². The number of aryl methyl sites for hydroxylation is 1. The van der Waals surface area contributed by atoms with Crippen LogP contribution in [0.2, 0.25) is 0 Å². The molecule has 90 valence electrons. The second-order valence-corrected chi connectivity index (χ2v) is 5.35. The van der Waals surface area contributed by atoms with Gasteiger partial charge < -0.3 is 5.32 Å². The molecule has 0 aliphatic carbocycles. The number of piperidine rings is 1. The van der Waals surface area contributed by atoms with Gasteiger partial charge in [0.1, 0.15) is 0 Å². The Kier molecular flexibility index (Phi) is 5.81. The Balaban J connectivity index is 0.00000128. The van der Waals surface area contributed by atoms with Crippen LogP contribution in [0.15, 0.2) is 22.7 Å². The van der Waals surface area contributed by atoms with Gasteiger partial charge in [-0.05, 0) is 56.8 Å². The van der Waals surface area contributed by atoms with Crippen LogP contribution in [-0.4, -0.2) is 13.1 Å². The van der Waals surface area contributed by atoms with Crippen LogP contribution in [0.1, 0.15) is 24.0 Å². The number of benzene rings is 1. The van der Waals surface area contributed by atoms with Crippen LogP contribution in [0.5, 0.6) is 0 Å². The molecule has 0 radical (unpaired) electrons.